The summed E-state index contributed by atoms with van der Waals surface area (Å²) < 4.78 is 5.02. The van der Waals surface area contributed by atoms with E-state index in [2.05, 4.69) is 0 Å². The van der Waals surface area contributed by atoms with Gasteiger partial charge in [0.2, 0.25) is 0 Å². The minimum Gasteiger partial charge on any atom is -0.504 e. The van der Waals surface area contributed by atoms with Crippen LogP contribution in [0, 0.1) is 5.41 Å². The number of phenolic OH excluding ortho intramolecular Hbond substituents is 1. The highest BCUT2D eigenvalue weighted by Gasteiger charge is 2.21. The van der Waals surface area contributed by atoms with Gasteiger partial charge in [-0.2, -0.15) is 0 Å². The summed E-state index contributed by atoms with van der Waals surface area (Å²) in [5.41, 5.74) is 0.427. The molecule has 0 aliphatic heterocycles. The molecule has 0 fully saturated rings. The number of aryl methyl sites for hydroxylation is 1. The lowest BCUT2D eigenvalue weighted by Gasteiger charge is -2.16. The Morgan fingerprint density at radius 2 is 2.00 bits per heavy atom. The van der Waals surface area contributed by atoms with Gasteiger partial charge in [-0.15, -0.1) is 0 Å². The number of para-hydroxylation sites is 1. The van der Waals surface area contributed by atoms with Crippen LogP contribution in [0.5, 0.6) is 11.5 Å². The molecule has 0 aliphatic rings. The largest absolute Gasteiger partial charge is 0.504 e. The Balaban J connectivity index is 2.74. The molecule has 0 bridgehead atoms. The Hall–Kier alpha value is -1.51. The fourth-order valence-corrected chi connectivity index (χ4v) is 1.56. The summed E-state index contributed by atoms with van der Waals surface area (Å²) in [4.78, 5) is 11.8. The molecule has 1 N–H and O–H groups in total. The van der Waals surface area contributed by atoms with Crippen LogP contribution in [0.2, 0.25) is 0 Å². The van der Waals surface area contributed by atoms with Gasteiger partial charge in [-0.3, -0.25) is 4.79 Å². The van der Waals surface area contributed by atoms with E-state index >= 15 is 0 Å². The molecule has 3 heteroatoms. The molecule has 0 atom stereocenters. The third kappa shape index (κ3) is 3.48. The number of carbonyl (C=O) groups excluding carboxylic acids is 1. The van der Waals surface area contributed by atoms with Crippen molar-refractivity contribution in [3.8, 4) is 11.5 Å². The summed E-state index contributed by atoms with van der Waals surface area (Å²) in [6, 6.07) is 5.33. The first kappa shape index (κ1) is 13.6. The maximum atomic E-state index is 11.8. The zero-order chi connectivity index (χ0) is 13.1. The molecule has 3 nitrogen and oxygen atoms in total. The molecule has 1 rings (SSSR count). The van der Waals surface area contributed by atoms with Crippen molar-refractivity contribution < 1.29 is 14.6 Å². The SMILES string of the molecule is COc1cccc(CCC(=O)C(C)(C)C)c1O. The maximum Gasteiger partial charge on any atom is 0.160 e. The van der Waals surface area contributed by atoms with Crippen molar-refractivity contribution in [3.63, 3.8) is 0 Å². The van der Waals surface area contributed by atoms with Crippen LogP contribution >= 0.6 is 0 Å². The Morgan fingerprint density at radius 3 is 2.53 bits per heavy atom. The van der Waals surface area contributed by atoms with E-state index in [4.69, 9.17) is 4.74 Å². The Kier molecular flexibility index (Phi) is 4.16. The number of aromatic hydroxyl groups is 1. The molecular weight excluding hydrogens is 216 g/mol. The average Bonchev–Trinajstić information content (AvgIpc) is 2.26. The summed E-state index contributed by atoms with van der Waals surface area (Å²) in [7, 11) is 1.51. The van der Waals surface area contributed by atoms with E-state index in [9.17, 15) is 9.90 Å². The van der Waals surface area contributed by atoms with E-state index < -0.39 is 0 Å². The van der Waals surface area contributed by atoms with Crippen LogP contribution in [0.25, 0.3) is 0 Å². The number of rotatable bonds is 4. The first-order chi connectivity index (χ1) is 7.86. The van der Waals surface area contributed by atoms with E-state index in [0.717, 1.165) is 5.56 Å². The van der Waals surface area contributed by atoms with Gasteiger partial charge < -0.3 is 9.84 Å². The van der Waals surface area contributed by atoms with Crippen LogP contribution in [0.1, 0.15) is 32.8 Å². The van der Waals surface area contributed by atoms with Crippen LogP contribution in [0.3, 0.4) is 0 Å². The van der Waals surface area contributed by atoms with Gasteiger partial charge in [-0.1, -0.05) is 32.9 Å². The molecule has 0 aliphatic carbocycles. The van der Waals surface area contributed by atoms with Gasteiger partial charge >= 0.3 is 0 Å². The van der Waals surface area contributed by atoms with Crippen molar-refractivity contribution in [2.24, 2.45) is 5.41 Å². The molecule has 0 saturated carbocycles. The first-order valence-electron chi connectivity index (χ1n) is 5.74. The molecule has 1 aromatic rings. The fourth-order valence-electron chi connectivity index (χ4n) is 1.56. The van der Waals surface area contributed by atoms with Crippen LogP contribution < -0.4 is 4.74 Å². The van der Waals surface area contributed by atoms with Crippen LogP contribution in [-0.2, 0) is 11.2 Å². The van der Waals surface area contributed by atoms with Crippen molar-refractivity contribution in [1.29, 1.82) is 0 Å². The van der Waals surface area contributed by atoms with E-state index in [1.54, 1.807) is 6.07 Å². The van der Waals surface area contributed by atoms with Gasteiger partial charge in [0.15, 0.2) is 11.5 Å². The quantitative estimate of drug-likeness (QED) is 0.874. The van der Waals surface area contributed by atoms with Gasteiger partial charge in [0.1, 0.15) is 5.78 Å². The molecule has 0 amide bonds. The van der Waals surface area contributed by atoms with E-state index in [0.29, 0.717) is 18.6 Å². The molecule has 0 unspecified atom stereocenters. The van der Waals surface area contributed by atoms with Crippen molar-refractivity contribution in [2.45, 2.75) is 33.6 Å². The molecule has 0 spiro atoms. The monoisotopic (exact) mass is 236 g/mol. The van der Waals surface area contributed by atoms with Crippen LogP contribution in [0.4, 0.5) is 0 Å². The van der Waals surface area contributed by atoms with E-state index in [1.165, 1.54) is 7.11 Å². The predicted octanol–water partition coefficient (Wildman–Crippen LogP) is 2.95. The van der Waals surface area contributed by atoms with Gasteiger partial charge in [-0.25, -0.2) is 0 Å². The zero-order valence-electron chi connectivity index (χ0n) is 10.9. The van der Waals surface area contributed by atoms with E-state index in [-0.39, 0.29) is 16.9 Å². The fraction of sp³-hybridized carbons (Fsp3) is 0.500. The standard InChI is InChI=1S/C14H20O3/c1-14(2,3)12(15)9-8-10-6-5-7-11(17-4)13(10)16/h5-7,16H,8-9H2,1-4H3. The smallest absolute Gasteiger partial charge is 0.160 e. The second kappa shape index (κ2) is 5.21. The number of hydrogen-bond acceptors (Lipinski definition) is 3. The average molecular weight is 236 g/mol. The maximum absolute atomic E-state index is 11.8. The number of phenols is 1. The number of methoxy groups -OCH3 is 1. The molecule has 94 valence electrons. The highest BCUT2D eigenvalue weighted by molar-refractivity contribution is 5.83. The van der Waals surface area contributed by atoms with Crippen molar-refractivity contribution >= 4 is 5.78 Å². The van der Waals surface area contributed by atoms with Gasteiger partial charge in [0.05, 0.1) is 7.11 Å². The minimum atomic E-state index is -0.325. The van der Waals surface area contributed by atoms with Crippen molar-refractivity contribution in [2.75, 3.05) is 7.11 Å². The number of carbonyl (C=O) groups is 1. The zero-order valence-corrected chi connectivity index (χ0v) is 10.9. The Labute approximate surface area is 102 Å². The second-order valence-corrected chi connectivity index (χ2v) is 5.14. The number of ketones is 1. The second-order valence-electron chi connectivity index (χ2n) is 5.14. The van der Waals surface area contributed by atoms with Gasteiger partial charge in [0.25, 0.3) is 0 Å². The van der Waals surface area contributed by atoms with Gasteiger partial charge in [-0.05, 0) is 18.1 Å². The lowest BCUT2D eigenvalue weighted by atomic mass is 9.87. The molecule has 0 radical (unpaired) electrons. The number of benzene rings is 1. The molecular formula is C14H20O3. The molecule has 1 aromatic carbocycles. The normalized spacial score (nSPS) is 11.3. The summed E-state index contributed by atoms with van der Waals surface area (Å²) in [6.45, 7) is 5.71. The Morgan fingerprint density at radius 1 is 1.35 bits per heavy atom. The van der Waals surface area contributed by atoms with Crippen molar-refractivity contribution in [3.05, 3.63) is 23.8 Å². The number of ether oxygens (including phenoxy) is 1. The first-order valence-corrected chi connectivity index (χ1v) is 5.74. The summed E-state index contributed by atoms with van der Waals surface area (Å²) >= 11 is 0. The van der Waals surface area contributed by atoms with E-state index in [1.807, 2.05) is 32.9 Å². The minimum absolute atomic E-state index is 0.136. The third-order valence-corrected chi connectivity index (χ3v) is 2.76. The van der Waals surface area contributed by atoms with Crippen LogP contribution in [-0.4, -0.2) is 18.0 Å². The highest BCUT2D eigenvalue weighted by Crippen LogP contribution is 2.30. The summed E-state index contributed by atoms with van der Waals surface area (Å²) in [5, 5.41) is 9.87. The highest BCUT2D eigenvalue weighted by atomic mass is 16.5. The summed E-state index contributed by atoms with van der Waals surface area (Å²) in [5.74, 6) is 0.780. The molecule has 0 heterocycles. The van der Waals surface area contributed by atoms with Crippen LogP contribution in [0.15, 0.2) is 18.2 Å². The Bertz CT molecular complexity index is 402. The lowest BCUT2D eigenvalue weighted by Crippen LogP contribution is -2.20. The van der Waals surface area contributed by atoms with Crippen molar-refractivity contribution in [1.82, 2.24) is 0 Å². The molecule has 17 heavy (non-hydrogen) atoms. The number of Topliss-reactive ketones (excluding diaryl/α,β-unsaturated/α-hetero) is 1. The lowest BCUT2D eigenvalue weighted by molar-refractivity contribution is -0.126. The van der Waals surface area contributed by atoms with Gasteiger partial charge in [0, 0.05) is 11.8 Å². The molecule has 0 saturated heterocycles. The predicted molar refractivity (Wildman–Crippen MR) is 67.4 cm³/mol. The third-order valence-electron chi connectivity index (χ3n) is 2.76. The molecule has 0 aromatic heterocycles. The summed E-state index contributed by atoms with van der Waals surface area (Å²) in [6.07, 6.45) is 0.976. The topological polar surface area (TPSA) is 46.5 Å². The number of hydrogen-bond donors (Lipinski definition) is 1.